The van der Waals surface area contributed by atoms with E-state index in [4.69, 9.17) is 0 Å². The predicted molar refractivity (Wildman–Crippen MR) is 27.8 cm³/mol. The van der Waals surface area contributed by atoms with Crippen LogP contribution in [0.25, 0.3) is 0 Å². The molecule has 0 bridgehead atoms. The summed E-state index contributed by atoms with van der Waals surface area (Å²) in [4.78, 5) is 0. The first kappa shape index (κ1) is 22.5. The highest BCUT2D eigenvalue weighted by molar-refractivity contribution is 7.59. The van der Waals surface area contributed by atoms with Crippen LogP contribution in [0.2, 0.25) is 0 Å². The van der Waals surface area contributed by atoms with Crippen LogP contribution in [0.1, 0.15) is 0 Å². The predicted octanol–water partition coefficient (Wildman–Crippen LogP) is -6.28. The quantitative estimate of drug-likeness (QED) is 0.285. The van der Waals surface area contributed by atoms with E-state index in [9.17, 15) is 13.2 Å². The van der Waals surface area contributed by atoms with Gasteiger partial charge in [-0.05, 0) is 0 Å². The van der Waals surface area contributed by atoms with Crippen molar-refractivity contribution in [3.05, 3.63) is 0 Å². The summed E-state index contributed by atoms with van der Waals surface area (Å²) in [6.07, 6.45) is 0. The fourth-order valence-corrected chi connectivity index (χ4v) is 0. The van der Waals surface area contributed by atoms with E-state index in [0.717, 1.165) is 0 Å². The third kappa shape index (κ3) is 101. The topological polar surface area (TPSA) is 0 Å². The molecule has 0 heterocycles. The average Bonchev–Trinajstić information content (AvgIpc) is 0.722. The molecule has 0 aromatic rings. The summed E-state index contributed by atoms with van der Waals surface area (Å²) in [5.74, 6) is 0. The molecule has 0 aliphatic rings. The molecule has 56 valence electrons. The summed E-state index contributed by atoms with van der Waals surface area (Å²) in [7, 11) is 0. The van der Waals surface area contributed by atoms with Gasteiger partial charge in [0.15, 0.2) is 0 Å². The minimum Gasteiger partial charge on any atom is -1.00 e. The van der Waals surface area contributed by atoms with Gasteiger partial charge in [-0.2, -0.15) is 0 Å². The third-order valence-electron chi connectivity index (χ3n) is 0. The molecule has 8 heavy (non-hydrogen) atoms. The van der Waals surface area contributed by atoms with Crippen LogP contribution in [-0.2, 0) is 26.1 Å². The Morgan fingerprint density at radius 3 is 1.00 bits per heavy atom. The van der Waals surface area contributed by atoms with E-state index in [-0.39, 0.29) is 61.4 Å². The van der Waals surface area contributed by atoms with Crippen LogP contribution in [0.5, 0.6) is 0 Å². The first-order valence-corrected chi connectivity index (χ1v) is 1.32. The van der Waals surface area contributed by atoms with Crippen LogP contribution in [0.15, 0.2) is 0 Å². The molecule has 0 atom stereocenters. The second-order valence-electron chi connectivity index (χ2n) is 0.498. The Morgan fingerprint density at radius 2 is 1.00 bits per heavy atom. The number of hydrogen-bond donors (Lipinski definition) is 0. The fraction of sp³-hybridized carbons (Fsp3) is 1.00. The highest BCUT2D eigenvalue weighted by Crippen LogP contribution is 2.08. The molecule has 0 aromatic carbocycles. The zero-order valence-electron chi connectivity index (χ0n) is 3.47. The Labute approximate surface area is 91.9 Å². The normalized spacial score (nSPS) is 7.50. The van der Waals surface area contributed by atoms with E-state index in [0.29, 0.717) is 0 Å². The molecule has 0 rings (SSSR count). The van der Waals surface area contributed by atoms with E-state index in [1.54, 1.807) is 0 Å². The van der Waals surface area contributed by atoms with Gasteiger partial charge in [-0.3, -0.25) is 0 Å². The van der Waals surface area contributed by atoms with Gasteiger partial charge in [-0.15, -0.1) is 13.2 Å². The molecule has 0 amide bonds. The summed E-state index contributed by atoms with van der Waals surface area (Å²) in [6, 6.07) is 0. The average molecular weight is 392 g/mol. The van der Waals surface area contributed by atoms with Crippen molar-refractivity contribution in [1.82, 2.24) is 0 Å². The molecule has 0 nitrogen and oxygen atoms in total. The van der Waals surface area contributed by atoms with Crippen LogP contribution in [0.4, 0.5) is 13.2 Å². The molecule has 0 aliphatic heterocycles. The maximum atomic E-state index is 10.3. The van der Waals surface area contributed by atoms with E-state index in [1.165, 1.54) is 12.6 Å². The maximum Gasteiger partial charge on any atom is 0.570 e. The standard InChI is InChI=1S/CHF3S.2HI.H2S/c2-1(3,4)5;;;/h5H;2*1H;1H2. The van der Waals surface area contributed by atoms with Crippen molar-refractivity contribution >= 4 is 26.1 Å². The lowest BCUT2D eigenvalue weighted by molar-refractivity contribution is -0.0316. The van der Waals surface area contributed by atoms with Gasteiger partial charge >= 0.3 is 5.51 Å². The van der Waals surface area contributed by atoms with Crippen LogP contribution in [-0.4, -0.2) is 5.51 Å². The Bertz CT molecular complexity index is 30.8. The van der Waals surface area contributed by atoms with Crippen molar-refractivity contribution < 1.29 is 61.1 Å². The lowest BCUT2D eigenvalue weighted by Crippen LogP contribution is -3.00. The lowest BCUT2D eigenvalue weighted by Gasteiger charge is -1.78. The monoisotopic (exact) mass is 392 g/mol. The van der Waals surface area contributed by atoms with E-state index in [2.05, 4.69) is 0 Å². The maximum absolute atomic E-state index is 10.3. The van der Waals surface area contributed by atoms with Gasteiger partial charge in [-0.1, -0.05) is 13.5 Å². The van der Waals surface area contributed by atoms with Gasteiger partial charge in [0.25, 0.3) is 0 Å². The second-order valence-corrected chi connectivity index (χ2v) is 1.06. The second kappa shape index (κ2) is 8.95. The highest BCUT2D eigenvalue weighted by Gasteiger charge is 2.28. The molecule has 0 N–H and O–H groups in total. The van der Waals surface area contributed by atoms with Crippen molar-refractivity contribution in [3.8, 4) is 0 Å². The molecule has 0 spiro atoms. The summed E-state index contributed by atoms with van der Waals surface area (Å²) in [6.45, 7) is 0. The molecule has 0 radical (unpaired) electrons. The summed E-state index contributed by atoms with van der Waals surface area (Å²) in [5, 5.41) is 0. The minimum absolute atomic E-state index is 0. The van der Waals surface area contributed by atoms with Crippen LogP contribution >= 0.6 is 0 Å². The Kier molecular flexibility index (Phi) is 25.2. The zero-order valence-corrected chi connectivity index (χ0v) is 9.94. The first-order chi connectivity index (χ1) is 2.00. The summed E-state index contributed by atoms with van der Waals surface area (Å²) < 4.78 is 30.8. The van der Waals surface area contributed by atoms with Gasteiger partial charge in [0, 0.05) is 0 Å². The molecular formula is CH5F3I2S2. The number of hydrogen-bond acceptors (Lipinski definition) is 0. The largest absolute Gasteiger partial charge is 1.00 e. The fourth-order valence-electron chi connectivity index (χ4n) is 0. The van der Waals surface area contributed by atoms with E-state index >= 15 is 0 Å². The van der Waals surface area contributed by atoms with E-state index in [1.807, 2.05) is 0 Å². The smallest absolute Gasteiger partial charge is 0.570 e. The summed E-state index contributed by atoms with van der Waals surface area (Å²) in [5.41, 5.74) is -4.19. The van der Waals surface area contributed by atoms with Crippen molar-refractivity contribution in [1.29, 1.82) is 0 Å². The SMILES string of the molecule is FC(F)(F)[SH2+].[I-].[I-].[SH3+]. The first-order valence-electron chi connectivity index (χ1n) is 0.817. The lowest BCUT2D eigenvalue weighted by atomic mass is 11.6. The molecule has 0 saturated heterocycles. The third-order valence-corrected chi connectivity index (χ3v) is 0. The van der Waals surface area contributed by atoms with Gasteiger partial charge in [0.1, 0.15) is 0 Å². The van der Waals surface area contributed by atoms with Crippen molar-refractivity contribution in [3.63, 3.8) is 0 Å². The number of rotatable bonds is 0. The number of alkyl halides is 3. The molecule has 0 fully saturated rings. The summed E-state index contributed by atoms with van der Waals surface area (Å²) >= 11 is 1.42. The van der Waals surface area contributed by atoms with E-state index < -0.39 is 5.51 Å². The van der Waals surface area contributed by atoms with Crippen molar-refractivity contribution in [2.75, 3.05) is 0 Å². The number of halogens is 5. The molecule has 0 aliphatic carbocycles. The highest BCUT2D eigenvalue weighted by atomic mass is 127. The van der Waals surface area contributed by atoms with Gasteiger partial charge < -0.3 is 48.0 Å². The van der Waals surface area contributed by atoms with Crippen LogP contribution < -0.4 is 48.0 Å². The molecule has 7 heteroatoms. The minimum atomic E-state index is -4.19. The zero-order chi connectivity index (χ0) is 4.50. The van der Waals surface area contributed by atoms with Gasteiger partial charge in [-0.25, -0.2) is 0 Å². The Balaban J connectivity index is -0.0000000267. The molecule has 0 saturated carbocycles. The molecular weight excluding hydrogens is 387 g/mol. The van der Waals surface area contributed by atoms with Crippen LogP contribution in [0.3, 0.4) is 0 Å². The molecule has 0 unspecified atom stereocenters. The van der Waals surface area contributed by atoms with Gasteiger partial charge in [0.05, 0.1) is 12.6 Å². The Morgan fingerprint density at radius 1 is 1.00 bits per heavy atom. The molecule has 0 aromatic heterocycles. The Hall–Kier alpha value is 1.95. The van der Waals surface area contributed by atoms with Crippen molar-refractivity contribution in [2.24, 2.45) is 0 Å². The van der Waals surface area contributed by atoms with Gasteiger partial charge in [0.2, 0.25) is 0 Å². The van der Waals surface area contributed by atoms with Crippen molar-refractivity contribution in [2.45, 2.75) is 5.51 Å². The van der Waals surface area contributed by atoms with Crippen LogP contribution in [0, 0.1) is 0 Å².